The Morgan fingerprint density at radius 1 is 0.690 bits per heavy atom. The van der Waals surface area contributed by atoms with Crippen LogP contribution in [0.3, 0.4) is 0 Å². The van der Waals surface area contributed by atoms with E-state index in [1.807, 2.05) is 66.7 Å². The number of carbonyl (C=O) groups is 1. The first kappa shape index (κ1) is 18.6. The number of fused-ring (bicyclic) bond motifs is 1. The molecule has 0 unspecified atom stereocenters. The van der Waals surface area contributed by atoms with Crippen molar-refractivity contribution < 1.29 is 19.4 Å². The molecule has 4 heteroatoms. The van der Waals surface area contributed by atoms with Crippen molar-refractivity contribution in [1.82, 2.24) is 0 Å². The predicted molar refractivity (Wildman–Crippen MR) is 115 cm³/mol. The first-order valence-corrected chi connectivity index (χ1v) is 9.20. The van der Waals surface area contributed by atoms with Gasteiger partial charge < -0.3 is 14.6 Å². The van der Waals surface area contributed by atoms with Crippen LogP contribution < -0.4 is 9.47 Å². The highest BCUT2D eigenvalue weighted by Gasteiger charge is 2.16. The maximum Gasteiger partial charge on any atom is 0.336 e. The Kier molecular flexibility index (Phi) is 4.92. The quantitative estimate of drug-likeness (QED) is 0.466. The third-order valence-electron chi connectivity index (χ3n) is 5.07. The zero-order chi connectivity index (χ0) is 20.4. The van der Waals surface area contributed by atoms with E-state index >= 15 is 0 Å². The van der Waals surface area contributed by atoms with E-state index < -0.39 is 5.97 Å². The van der Waals surface area contributed by atoms with Gasteiger partial charge in [-0.1, -0.05) is 48.5 Å². The third kappa shape index (κ3) is 3.41. The monoisotopic (exact) mass is 384 g/mol. The maximum absolute atomic E-state index is 12.0. The van der Waals surface area contributed by atoms with Crippen molar-refractivity contribution in [1.29, 1.82) is 0 Å². The van der Waals surface area contributed by atoms with Crippen molar-refractivity contribution in [2.24, 2.45) is 0 Å². The van der Waals surface area contributed by atoms with E-state index in [1.165, 1.54) is 0 Å². The molecule has 0 saturated carbocycles. The van der Waals surface area contributed by atoms with Gasteiger partial charge in [0, 0.05) is 5.39 Å². The molecule has 0 radical (unpaired) electrons. The average Bonchev–Trinajstić information content (AvgIpc) is 2.78. The summed E-state index contributed by atoms with van der Waals surface area (Å²) in [7, 11) is 3.25. The summed E-state index contributed by atoms with van der Waals surface area (Å²) in [5, 5.41) is 11.4. The summed E-state index contributed by atoms with van der Waals surface area (Å²) in [5.74, 6) is 0.586. The number of ether oxygens (including phenoxy) is 2. The van der Waals surface area contributed by atoms with Crippen LogP contribution in [0.2, 0.25) is 0 Å². The molecule has 0 aliphatic heterocycles. The summed E-state index contributed by atoms with van der Waals surface area (Å²) < 4.78 is 10.5. The van der Waals surface area contributed by atoms with E-state index in [0.29, 0.717) is 0 Å². The van der Waals surface area contributed by atoms with Crippen molar-refractivity contribution in [3.63, 3.8) is 0 Å². The second-order valence-electron chi connectivity index (χ2n) is 6.65. The van der Waals surface area contributed by atoms with E-state index in [-0.39, 0.29) is 5.56 Å². The highest BCUT2D eigenvalue weighted by Crippen LogP contribution is 2.38. The Labute approximate surface area is 169 Å². The van der Waals surface area contributed by atoms with Crippen LogP contribution in [0, 0.1) is 0 Å². The van der Waals surface area contributed by atoms with Crippen molar-refractivity contribution in [2.45, 2.75) is 0 Å². The number of benzene rings is 4. The lowest BCUT2D eigenvalue weighted by Crippen LogP contribution is -1.99. The second kappa shape index (κ2) is 7.68. The molecule has 144 valence electrons. The average molecular weight is 384 g/mol. The highest BCUT2D eigenvalue weighted by molar-refractivity contribution is 6.14. The van der Waals surface area contributed by atoms with Gasteiger partial charge in [0.2, 0.25) is 0 Å². The molecule has 0 atom stereocenters. The normalized spacial score (nSPS) is 10.7. The molecular formula is C25H20O4. The molecule has 1 N–H and O–H groups in total. The molecular weight excluding hydrogens is 364 g/mol. The predicted octanol–water partition coefficient (Wildman–Crippen LogP) is 5.89. The maximum atomic E-state index is 12.0. The van der Waals surface area contributed by atoms with Crippen LogP contribution in [0.15, 0.2) is 78.9 Å². The number of hydrogen-bond donors (Lipinski definition) is 1. The van der Waals surface area contributed by atoms with Crippen molar-refractivity contribution in [3.05, 3.63) is 84.4 Å². The van der Waals surface area contributed by atoms with E-state index in [1.54, 1.807) is 26.4 Å². The molecule has 0 aromatic heterocycles. The molecule has 0 bridgehead atoms. The van der Waals surface area contributed by atoms with Gasteiger partial charge in [-0.15, -0.1) is 0 Å². The minimum absolute atomic E-state index is 0.281. The first-order chi connectivity index (χ1) is 14.1. The fourth-order valence-electron chi connectivity index (χ4n) is 3.62. The van der Waals surface area contributed by atoms with Crippen molar-refractivity contribution in [3.8, 4) is 33.8 Å². The second-order valence-corrected chi connectivity index (χ2v) is 6.65. The Hall–Kier alpha value is -3.79. The molecule has 4 aromatic rings. The largest absolute Gasteiger partial charge is 0.497 e. The number of hydrogen-bond acceptors (Lipinski definition) is 3. The Morgan fingerprint density at radius 3 is 1.72 bits per heavy atom. The molecule has 4 rings (SSSR count). The van der Waals surface area contributed by atoms with Gasteiger partial charge in [0.05, 0.1) is 19.8 Å². The number of methoxy groups -OCH3 is 2. The molecule has 4 aromatic carbocycles. The minimum atomic E-state index is -0.947. The summed E-state index contributed by atoms with van der Waals surface area (Å²) in [6.45, 7) is 0. The van der Waals surface area contributed by atoms with Gasteiger partial charge in [-0.3, -0.25) is 0 Å². The zero-order valence-corrected chi connectivity index (χ0v) is 16.2. The molecule has 0 heterocycles. The summed E-state index contributed by atoms with van der Waals surface area (Å²) in [4.78, 5) is 12.0. The number of aromatic carboxylic acids is 1. The topological polar surface area (TPSA) is 55.8 Å². The molecule has 0 saturated heterocycles. The number of carboxylic acid groups (broad SMARTS) is 1. The van der Waals surface area contributed by atoms with Crippen LogP contribution in [0.4, 0.5) is 0 Å². The van der Waals surface area contributed by atoms with Crippen LogP contribution in [0.25, 0.3) is 33.0 Å². The van der Waals surface area contributed by atoms with Gasteiger partial charge in [0.1, 0.15) is 11.5 Å². The van der Waals surface area contributed by atoms with Crippen molar-refractivity contribution in [2.75, 3.05) is 14.2 Å². The van der Waals surface area contributed by atoms with Gasteiger partial charge in [0.15, 0.2) is 0 Å². The SMILES string of the molecule is COc1ccc(-c2ccc(-c3ccc(OC)cc3)c3c(C(=O)O)cccc23)cc1. The van der Waals surface area contributed by atoms with Crippen LogP contribution in [0.5, 0.6) is 11.5 Å². The third-order valence-corrected chi connectivity index (χ3v) is 5.07. The Bertz CT molecular complexity index is 1180. The van der Waals surface area contributed by atoms with E-state index in [0.717, 1.165) is 44.5 Å². The molecule has 0 fully saturated rings. The lowest BCUT2D eigenvalue weighted by atomic mass is 9.89. The van der Waals surface area contributed by atoms with Gasteiger partial charge >= 0.3 is 5.97 Å². The molecule has 4 nitrogen and oxygen atoms in total. The smallest absolute Gasteiger partial charge is 0.336 e. The fraction of sp³-hybridized carbons (Fsp3) is 0.0800. The number of carboxylic acids is 1. The standard InChI is InChI=1S/C25H20O4/c1-28-18-10-6-16(7-11-18)20-14-15-21(17-8-12-19(29-2)13-9-17)24-22(20)4-3-5-23(24)25(26)27/h3-15H,1-2H3,(H,26,27). The molecule has 29 heavy (non-hydrogen) atoms. The van der Waals surface area contributed by atoms with Gasteiger partial charge in [-0.25, -0.2) is 4.79 Å². The van der Waals surface area contributed by atoms with E-state index in [4.69, 9.17) is 9.47 Å². The lowest BCUT2D eigenvalue weighted by molar-refractivity contribution is 0.0699. The molecule has 0 amide bonds. The summed E-state index contributed by atoms with van der Waals surface area (Å²) >= 11 is 0. The molecule has 0 spiro atoms. The van der Waals surface area contributed by atoms with E-state index in [9.17, 15) is 9.90 Å². The molecule has 0 aliphatic carbocycles. The summed E-state index contributed by atoms with van der Waals surface area (Å²) in [5.41, 5.74) is 4.06. The summed E-state index contributed by atoms with van der Waals surface area (Å²) in [6.07, 6.45) is 0. The van der Waals surface area contributed by atoms with E-state index in [2.05, 4.69) is 0 Å². The van der Waals surface area contributed by atoms with Crippen molar-refractivity contribution >= 4 is 16.7 Å². The van der Waals surface area contributed by atoms with Crippen LogP contribution in [0.1, 0.15) is 10.4 Å². The lowest BCUT2D eigenvalue weighted by Gasteiger charge is -2.15. The van der Waals surface area contributed by atoms with Crippen LogP contribution in [-0.4, -0.2) is 25.3 Å². The first-order valence-electron chi connectivity index (χ1n) is 9.20. The fourth-order valence-corrected chi connectivity index (χ4v) is 3.62. The molecule has 0 aliphatic rings. The minimum Gasteiger partial charge on any atom is -0.497 e. The summed E-state index contributed by atoms with van der Waals surface area (Å²) in [6, 6.07) is 24.8. The van der Waals surface area contributed by atoms with Gasteiger partial charge in [0.25, 0.3) is 0 Å². The highest BCUT2D eigenvalue weighted by atomic mass is 16.5. The Morgan fingerprint density at radius 2 is 1.21 bits per heavy atom. The number of rotatable bonds is 5. The van der Waals surface area contributed by atoms with Gasteiger partial charge in [-0.2, -0.15) is 0 Å². The Balaban J connectivity index is 1.99. The zero-order valence-electron chi connectivity index (χ0n) is 16.2. The van der Waals surface area contributed by atoms with Gasteiger partial charge in [-0.05, 0) is 58.0 Å². The van der Waals surface area contributed by atoms with Crippen LogP contribution in [-0.2, 0) is 0 Å². The van der Waals surface area contributed by atoms with Crippen LogP contribution >= 0.6 is 0 Å².